The van der Waals surface area contributed by atoms with E-state index in [4.69, 9.17) is 4.42 Å². The summed E-state index contributed by atoms with van der Waals surface area (Å²) in [6.45, 7) is 0. The standard InChI is InChI=1S/C14H8BrIN2O/c15-10-7-5-9(6-8-10)13-17-18-14(19-13)11-3-1-2-4-12(11)16/h1-8H. The number of rotatable bonds is 2. The van der Waals surface area contributed by atoms with Gasteiger partial charge in [-0.05, 0) is 59.0 Å². The van der Waals surface area contributed by atoms with Gasteiger partial charge in [0.05, 0.1) is 5.56 Å². The summed E-state index contributed by atoms with van der Waals surface area (Å²) in [5.74, 6) is 1.07. The van der Waals surface area contributed by atoms with E-state index in [1.165, 1.54) is 0 Å². The summed E-state index contributed by atoms with van der Waals surface area (Å²) >= 11 is 5.66. The molecule has 0 saturated heterocycles. The van der Waals surface area contributed by atoms with E-state index in [9.17, 15) is 0 Å². The Kier molecular flexibility index (Phi) is 3.65. The third-order valence-electron chi connectivity index (χ3n) is 2.62. The number of halogens is 2. The molecule has 2 aromatic carbocycles. The molecular formula is C14H8BrIN2O. The first-order valence-electron chi connectivity index (χ1n) is 5.58. The molecule has 0 N–H and O–H groups in total. The lowest BCUT2D eigenvalue weighted by molar-refractivity contribution is 0.584. The summed E-state index contributed by atoms with van der Waals surface area (Å²) < 4.78 is 7.84. The lowest BCUT2D eigenvalue weighted by Gasteiger charge is -1.97. The number of benzene rings is 2. The van der Waals surface area contributed by atoms with Gasteiger partial charge in [-0.1, -0.05) is 28.1 Å². The highest BCUT2D eigenvalue weighted by Crippen LogP contribution is 2.27. The average Bonchev–Trinajstić information content (AvgIpc) is 2.89. The molecule has 0 bridgehead atoms. The molecule has 0 spiro atoms. The van der Waals surface area contributed by atoms with Crippen LogP contribution in [0.4, 0.5) is 0 Å². The zero-order chi connectivity index (χ0) is 13.2. The maximum Gasteiger partial charge on any atom is 0.249 e. The molecule has 0 amide bonds. The molecule has 5 heteroatoms. The second-order valence-corrected chi connectivity index (χ2v) is 5.98. The third-order valence-corrected chi connectivity index (χ3v) is 4.09. The lowest BCUT2D eigenvalue weighted by Crippen LogP contribution is -1.81. The van der Waals surface area contributed by atoms with E-state index in [-0.39, 0.29) is 0 Å². The molecule has 0 unspecified atom stereocenters. The summed E-state index contributed by atoms with van der Waals surface area (Å²) in [5, 5.41) is 8.21. The van der Waals surface area contributed by atoms with Crippen LogP contribution in [0.15, 0.2) is 57.4 Å². The number of aromatic nitrogens is 2. The molecule has 1 heterocycles. The smallest absolute Gasteiger partial charge is 0.249 e. The van der Waals surface area contributed by atoms with E-state index in [1.807, 2.05) is 48.5 Å². The largest absolute Gasteiger partial charge is 0.416 e. The maximum absolute atomic E-state index is 5.73. The molecule has 3 nitrogen and oxygen atoms in total. The minimum absolute atomic E-state index is 0.530. The Bertz CT molecular complexity index is 709. The molecule has 1 aromatic heterocycles. The Morgan fingerprint density at radius 2 is 1.58 bits per heavy atom. The van der Waals surface area contributed by atoms with Crippen molar-refractivity contribution in [1.82, 2.24) is 10.2 Å². The molecular weight excluding hydrogens is 419 g/mol. The highest BCUT2D eigenvalue weighted by atomic mass is 127. The Labute approximate surface area is 132 Å². The van der Waals surface area contributed by atoms with Crippen LogP contribution in [-0.4, -0.2) is 10.2 Å². The van der Waals surface area contributed by atoms with Crippen LogP contribution in [0, 0.1) is 3.57 Å². The van der Waals surface area contributed by atoms with E-state index >= 15 is 0 Å². The molecule has 3 rings (SSSR count). The van der Waals surface area contributed by atoms with Gasteiger partial charge in [0.2, 0.25) is 11.8 Å². The topological polar surface area (TPSA) is 38.9 Å². The van der Waals surface area contributed by atoms with Crippen LogP contribution in [0.1, 0.15) is 0 Å². The molecule has 0 saturated carbocycles. The van der Waals surface area contributed by atoms with E-state index in [0.29, 0.717) is 11.8 Å². The first kappa shape index (κ1) is 12.8. The van der Waals surface area contributed by atoms with Crippen molar-refractivity contribution in [3.8, 4) is 22.9 Å². The van der Waals surface area contributed by atoms with Gasteiger partial charge < -0.3 is 4.42 Å². The fourth-order valence-electron chi connectivity index (χ4n) is 1.68. The summed E-state index contributed by atoms with van der Waals surface area (Å²) in [4.78, 5) is 0. The van der Waals surface area contributed by atoms with Gasteiger partial charge in [-0.3, -0.25) is 0 Å². The Hall–Kier alpha value is -1.21. The highest BCUT2D eigenvalue weighted by molar-refractivity contribution is 14.1. The second kappa shape index (κ2) is 5.42. The van der Waals surface area contributed by atoms with E-state index in [2.05, 4.69) is 48.7 Å². The number of hydrogen-bond donors (Lipinski definition) is 0. The fourth-order valence-corrected chi connectivity index (χ4v) is 2.56. The van der Waals surface area contributed by atoms with Crippen molar-refractivity contribution >= 4 is 38.5 Å². The third kappa shape index (κ3) is 2.71. The van der Waals surface area contributed by atoms with Gasteiger partial charge in [-0.2, -0.15) is 0 Å². The summed E-state index contributed by atoms with van der Waals surface area (Å²) in [6.07, 6.45) is 0. The predicted molar refractivity (Wildman–Crippen MR) is 85.6 cm³/mol. The van der Waals surface area contributed by atoms with E-state index < -0.39 is 0 Å². The minimum atomic E-state index is 0.530. The molecule has 0 aliphatic carbocycles. The number of hydrogen-bond acceptors (Lipinski definition) is 3. The van der Waals surface area contributed by atoms with Gasteiger partial charge in [0.1, 0.15) is 0 Å². The molecule has 0 fully saturated rings. The normalized spacial score (nSPS) is 10.6. The van der Waals surface area contributed by atoms with Crippen molar-refractivity contribution in [2.75, 3.05) is 0 Å². The van der Waals surface area contributed by atoms with Crippen LogP contribution < -0.4 is 0 Å². The minimum Gasteiger partial charge on any atom is -0.416 e. The van der Waals surface area contributed by atoms with Gasteiger partial charge in [0.25, 0.3) is 0 Å². The zero-order valence-electron chi connectivity index (χ0n) is 9.68. The first-order valence-corrected chi connectivity index (χ1v) is 7.45. The average molecular weight is 427 g/mol. The van der Waals surface area contributed by atoms with Gasteiger partial charge in [0.15, 0.2) is 0 Å². The molecule has 0 radical (unpaired) electrons. The number of nitrogens with zero attached hydrogens (tertiary/aromatic N) is 2. The monoisotopic (exact) mass is 426 g/mol. The quantitative estimate of drug-likeness (QED) is 0.554. The van der Waals surface area contributed by atoms with Crippen molar-refractivity contribution < 1.29 is 4.42 Å². The SMILES string of the molecule is Brc1ccc(-c2nnc(-c3ccccc3I)o2)cc1. The Morgan fingerprint density at radius 3 is 2.32 bits per heavy atom. The van der Waals surface area contributed by atoms with Crippen LogP contribution >= 0.6 is 38.5 Å². The Balaban J connectivity index is 2.00. The van der Waals surface area contributed by atoms with Gasteiger partial charge in [-0.15, -0.1) is 10.2 Å². The first-order chi connectivity index (χ1) is 9.24. The summed E-state index contributed by atoms with van der Waals surface area (Å²) in [7, 11) is 0. The predicted octanol–water partition coefficient (Wildman–Crippen LogP) is 4.77. The molecule has 0 aliphatic heterocycles. The van der Waals surface area contributed by atoms with Crippen molar-refractivity contribution in [2.45, 2.75) is 0 Å². The van der Waals surface area contributed by atoms with Crippen LogP contribution in [0.2, 0.25) is 0 Å². The van der Waals surface area contributed by atoms with Gasteiger partial charge in [-0.25, -0.2) is 0 Å². The molecule has 19 heavy (non-hydrogen) atoms. The highest BCUT2D eigenvalue weighted by Gasteiger charge is 2.12. The zero-order valence-corrected chi connectivity index (χ0v) is 13.4. The van der Waals surface area contributed by atoms with Crippen molar-refractivity contribution in [3.63, 3.8) is 0 Å². The van der Waals surface area contributed by atoms with Crippen molar-refractivity contribution in [1.29, 1.82) is 0 Å². The molecule has 0 aliphatic rings. The lowest BCUT2D eigenvalue weighted by atomic mass is 10.2. The van der Waals surface area contributed by atoms with Crippen molar-refractivity contribution in [3.05, 3.63) is 56.6 Å². The van der Waals surface area contributed by atoms with Crippen LogP contribution in [0.5, 0.6) is 0 Å². The summed E-state index contributed by atoms with van der Waals surface area (Å²) in [6, 6.07) is 15.7. The van der Waals surface area contributed by atoms with Crippen molar-refractivity contribution in [2.24, 2.45) is 0 Å². The molecule has 94 valence electrons. The van der Waals surface area contributed by atoms with Gasteiger partial charge in [0, 0.05) is 13.6 Å². The molecule has 3 aromatic rings. The van der Waals surface area contributed by atoms with Crippen LogP contribution in [0.3, 0.4) is 0 Å². The summed E-state index contributed by atoms with van der Waals surface area (Å²) in [5.41, 5.74) is 1.87. The maximum atomic E-state index is 5.73. The fraction of sp³-hybridized carbons (Fsp3) is 0. The van der Waals surface area contributed by atoms with Crippen LogP contribution in [-0.2, 0) is 0 Å². The Morgan fingerprint density at radius 1 is 0.895 bits per heavy atom. The van der Waals surface area contributed by atoms with E-state index in [0.717, 1.165) is 19.2 Å². The van der Waals surface area contributed by atoms with E-state index in [1.54, 1.807) is 0 Å². The molecule has 0 atom stereocenters. The second-order valence-electron chi connectivity index (χ2n) is 3.90. The van der Waals surface area contributed by atoms with Gasteiger partial charge >= 0.3 is 0 Å². The van der Waals surface area contributed by atoms with Crippen LogP contribution in [0.25, 0.3) is 22.9 Å².